The van der Waals surface area contributed by atoms with Crippen LogP contribution < -0.4 is 9.46 Å². The van der Waals surface area contributed by atoms with Gasteiger partial charge in [0.2, 0.25) is 21.9 Å². The van der Waals surface area contributed by atoms with E-state index in [-0.39, 0.29) is 23.2 Å². The summed E-state index contributed by atoms with van der Waals surface area (Å²) in [6.07, 6.45) is 1.55. The van der Waals surface area contributed by atoms with Gasteiger partial charge in [-0.15, -0.1) is 10.2 Å². The summed E-state index contributed by atoms with van der Waals surface area (Å²) in [5.74, 6) is -2.73. The topological polar surface area (TPSA) is 124 Å². The van der Waals surface area contributed by atoms with Crippen molar-refractivity contribution in [1.29, 1.82) is 0 Å². The quantitative estimate of drug-likeness (QED) is 0.322. The Labute approximate surface area is 213 Å². The number of benzene rings is 1. The van der Waals surface area contributed by atoms with Gasteiger partial charge in [-0.05, 0) is 45.7 Å². The van der Waals surface area contributed by atoms with Crippen molar-refractivity contribution in [3.63, 3.8) is 0 Å². The maximum absolute atomic E-state index is 14.9. The number of allylic oxidation sites excluding steroid dienone is 1. The molecule has 196 valence electrons. The molecule has 0 fully saturated rings. The van der Waals surface area contributed by atoms with Gasteiger partial charge in [0.05, 0.1) is 12.4 Å². The Morgan fingerprint density at radius 1 is 1.14 bits per heavy atom. The van der Waals surface area contributed by atoms with Gasteiger partial charge >= 0.3 is 0 Å². The second kappa shape index (κ2) is 11.4. The van der Waals surface area contributed by atoms with E-state index in [0.29, 0.717) is 0 Å². The van der Waals surface area contributed by atoms with Gasteiger partial charge in [-0.2, -0.15) is 0 Å². The molecule has 0 aliphatic carbocycles. The molecule has 1 N–H and O–H groups in total. The van der Waals surface area contributed by atoms with Gasteiger partial charge in [-0.1, -0.05) is 24.6 Å². The van der Waals surface area contributed by atoms with E-state index in [2.05, 4.69) is 36.6 Å². The number of rotatable bonds is 9. The van der Waals surface area contributed by atoms with Gasteiger partial charge in [-0.3, -0.25) is 9.29 Å². The molecular weight excluding hydrogens is 504 g/mol. The van der Waals surface area contributed by atoms with Crippen molar-refractivity contribution in [2.45, 2.75) is 32.9 Å². The molecular formula is C24H27F2N7O3S. The van der Waals surface area contributed by atoms with Crippen LogP contribution in [0.2, 0.25) is 0 Å². The maximum Gasteiger partial charge on any atom is 0.243 e. The summed E-state index contributed by atoms with van der Waals surface area (Å²) in [7, 11) is -2.79. The Hall–Kier alpha value is -4.00. The summed E-state index contributed by atoms with van der Waals surface area (Å²) < 4.78 is 64.8. The third kappa shape index (κ3) is 6.05. The predicted molar refractivity (Wildman–Crippen MR) is 139 cm³/mol. The highest BCUT2D eigenvalue weighted by Crippen LogP contribution is 2.30. The molecule has 2 aromatic heterocycles. The molecule has 13 heteroatoms. The van der Waals surface area contributed by atoms with Gasteiger partial charge < -0.3 is 4.74 Å². The van der Waals surface area contributed by atoms with Gasteiger partial charge in [0.25, 0.3) is 0 Å². The van der Waals surface area contributed by atoms with Gasteiger partial charge in [0.15, 0.2) is 5.82 Å². The number of aromatic nitrogens is 4. The van der Waals surface area contributed by atoms with Crippen molar-refractivity contribution in [3.05, 3.63) is 59.8 Å². The predicted octanol–water partition coefficient (Wildman–Crippen LogP) is 4.41. The number of sulfonamides is 1. The molecule has 0 saturated heterocycles. The van der Waals surface area contributed by atoms with E-state index in [4.69, 9.17) is 4.74 Å². The molecule has 2 heterocycles. The van der Waals surface area contributed by atoms with Crippen LogP contribution in [0.25, 0.3) is 17.2 Å². The van der Waals surface area contributed by atoms with Crippen LogP contribution >= 0.6 is 0 Å². The van der Waals surface area contributed by atoms with Crippen LogP contribution in [-0.4, -0.2) is 53.1 Å². The number of nitrogens with zero attached hydrogens (tertiary/aromatic N) is 6. The van der Waals surface area contributed by atoms with E-state index in [1.165, 1.54) is 26.2 Å². The molecule has 0 aliphatic rings. The van der Waals surface area contributed by atoms with Gasteiger partial charge in [0.1, 0.15) is 28.9 Å². The minimum atomic E-state index is -4.20. The molecule has 0 amide bonds. The SMILES string of the molecule is C=NC(=NC=C(C)C)[C@@H](C)[C@H](C)S(=O)(=O)Nc1nnc(-c2cccc(OC)n2)n1-c1c(F)cccc1F. The van der Waals surface area contributed by atoms with Crippen molar-refractivity contribution in [2.75, 3.05) is 11.8 Å². The van der Waals surface area contributed by atoms with E-state index >= 15 is 0 Å². The second-order valence-corrected chi connectivity index (χ2v) is 10.3. The van der Waals surface area contributed by atoms with Crippen LogP contribution in [0.1, 0.15) is 27.7 Å². The Kier molecular flexibility index (Phi) is 8.48. The van der Waals surface area contributed by atoms with E-state index in [0.717, 1.165) is 22.3 Å². The van der Waals surface area contributed by atoms with Crippen LogP contribution in [0, 0.1) is 17.6 Å². The lowest BCUT2D eigenvalue weighted by Crippen LogP contribution is -2.35. The lowest BCUT2D eigenvalue weighted by molar-refractivity contribution is 0.398. The Bertz CT molecular complexity index is 1440. The third-order valence-corrected chi connectivity index (χ3v) is 7.29. The molecule has 1 aromatic carbocycles. The van der Waals surface area contributed by atoms with Crippen molar-refractivity contribution in [2.24, 2.45) is 15.9 Å². The summed E-state index contributed by atoms with van der Waals surface area (Å²) in [6, 6.07) is 7.94. The van der Waals surface area contributed by atoms with E-state index < -0.39 is 44.5 Å². The first kappa shape index (κ1) is 27.6. The summed E-state index contributed by atoms with van der Waals surface area (Å²) in [4.78, 5) is 12.3. The van der Waals surface area contributed by atoms with E-state index in [9.17, 15) is 17.2 Å². The number of aliphatic imine (C=N–C) groups is 2. The first-order valence-electron chi connectivity index (χ1n) is 11.1. The first-order chi connectivity index (χ1) is 17.5. The van der Waals surface area contributed by atoms with E-state index in [1.807, 2.05) is 13.8 Å². The maximum atomic E-state index is 14.9. The van der Waals surface area contributed by atoms with Crippen LogP contribution in [0.5, 0.6) is 5.88 Å². The molecule has 10 nitrogen and oxygen atoms in total. The minimum Gasteiger partial charge on any atom is -0.481 e. The molecule has 0 saturated carbocycles. The summed E-state index contributed by atoms with van der Waals surface area (Å²) in [5.41, 5.74) is 0.457. The molecule has 0 aliphatic heterocycles. The van der Waals surface area contributed by atoms with Gasteiger partial charge in [-0.25, -0.2) is 32.2 Å². The second-order valence-electron chi connectivity index (χ2n) is 8.31. The number of pyridine rings is 1. The molecule has 37 heavy (non-hydrogen) atoms. The zero-order valence-corrected chi connectivity index (χ0v) is 21.8. The number of hydrogen-bond acceptors (Lipinski definition) is 7. The molecule has 2 atom stereocenters. The summed E-state index contributed by atoms with van der Waals surface area (Å²) >= 11 is 0. The number of nitrogens with one attached hydrogen (secondary N) is 1. The number of amidine groups is 1. The Morgan fingerprint density at radius 3 is 2.38 bits per heavy atom. The average Bonchev–Trinajstić information content (AvgIpc) is 3.25. The van der Waals surface area contributed by atoms with E-state index in [1.54, 1.807) is 25.3 Å². The number of ether oxygens (including phenoxy) is 1. The van der Waals surface area contributed by atoms with Crippen LogP contribution in [0.3, 0.4) is 0 Å². The fraction of sp³-hybridized carbons (Fsp3) is 0.292. The molecule has 3 aromatic rings. The van der Waals surface area contributed by atoms with Crippen molar-refractivity contribution in [3.8, 4) is 23.1 Å². The Balaban J connectivity index is 2.12. The third-order valence-electron chi connectivity index (χ3n) is 5.44. The number of halogens is 2. The standard InChI is InChI=1S/C24H27F2N7O3S/c1-14(2)13-28-22(27-5)15(3)16(4)37(34,35)32-24-31-30-23(19-11-8-12-20(29-19)36-6)33(24)21-17(25)9-7-10-18(21)26/h7-13,15-16H,5H2,1-4,6H3,(H,31,32)/t15-,16-/m0/s1. The fourth-order valence-electron chi connectivity index (χ4n) is 3.28. The van der Waals surface area contributed by atoms with Crippen LogP contribution in [0.4, 0.5) is 14.7 Å². The van der Waals surface area contributed by atoms with Crippen molar-refractivity contribution in [1.82, 2.24) is 19.7 Å². The molecule has 0 spiro atoms. The van der Waals surface area contributed by atoms with Crippen LogP contribution in [-0.2, 0) is 10.0 Å². The highest BCUT2D eigenvalue weighted by molar-refractivity contribution is 7.93. The molecule has 0 unspecified atom stereocenters. The van der Waals surface area contributed by atoms with Crippen molar-refractivity contribution >= 4 is 28.5 Å². The first-order valence-corrected chi connectivity index (χ1v) is 12.7. The smallest absolute Gasteiger partial charge is 0.243 e. The number of para-hydroxylation sites is 1. The lowest BCUT2D eigenvalue weighted by atomic mass is 10.1. The van der Waals surface area contributed by atoms with Crippen LogP contribution in [0.15, 0.2) is 58.2 Å². The molecule has 0 radical (unpaired) electrons. The number of hydrogen-bond donors (Lipinski definition) is 1. The zero-order valence-electron chi connectivity index (χ0n) is 21.0. The summed E-state index contributed by atoms with van der Waals surface area (Å²) in [6.45, 7) is 10.2. The number of methoxy groups -OCH3 is 1. The normalized spacial score (nSPS) is 13.5. The zero-order chi connectivity index (χ0) is 27.3. The fourth-order valence-corrected chi connectivity index (χ4v) is 4.51. The number of anilines is 1. The minimum absolute atomic E-state index is 0.111. The monoisotopic (exact) mass is 531 g/mol. The Morgan fingerprint density at radius 2 is 1.78 bits per heavy atom. The van der Waals surface area contributed by atoms with Crippen molar-refractivity contribution < 1.29 is 21.9 Å². The molecule has 3 rings (SSSR count). The van der Waals surface area contributed by atoms with Gasteiger partial charge in [0, 0.05) is 18.2 Å². The highest BCUT2D eigenvalue weighted by Gasteiger charge is 2.32. The molecule has 0 bridgehead atoms. The summed E-state index contributed by atoms with van der Waals surface area (Å²) in [5, 5.41) is 6.79. The largest absolute Gasteiger partial charge is 0.481 e. The average molecular weight is 532 g/mol. The highest BCUT2D eigenvalue weighted by atomic mass is 32.2. The lowest BCUT2D eigenvalue weighted by Gasteiger charge is -2.21.